The minimum atomic E-state index is -0.00287. The lowest BCUT2D eigenvalue weighted by Crippen LogP contribution is -2.48. The summed E-state index contributed by atoms with van der Waals surface area (Å²) in [6.45, 7) is 7.86. The van der Waals surface area contributed by atoms with E-state index in [4.69, 9.17) is 21.3 Å². The third-order valence-corrected chi connectivity index (χ3v) is 6.00. The van der Waals surface area contributed by atoms with Crippen molar-refractivity contribution in [3.8, 4) is 0 Å². The van der Waals surface area contributed by atoms with Crippen LogP contribution in [0, 0.1) is 6.92 Å². The van der Waals surface area contributed by atoms with Crippen molar-refractivity contribution in [1.82, 2.24) is 15.6 Å². The molecule has 2 N–H and O–H groups in total. The number of nitrogens with zero attached hydrogens (tertiary/aromatic N) is 2. The van der Waals surface area contributed by atoms with Crippen LogP contribution in [0.3, 0.4) is 0 Å². The number of halogens is 2. The number of guanidine groups is 1. The molecular formula is C20H28ClIN4OS. The highest BCUT2D eigenvalue weighted by Crippen LogP contribution is 2.35. The Balaban J connectivity index is 0.00000280. The molecular weight excluding hydrogens is 507 g/mol. The Morgan fingerprint density at radius 3 is 2.75 bits per heavy atom. The average Bonchev–Trinajstić information content (AvgIpc) is 3.10. The van der Waals surface area contributed by atoms with E-state index in [2.05, 4.69) is 41.6 Å². The van der Waals surface area contributed by atoms with Gasteiger partial charge in [0.05, 0.1) is 6.54 Å². The number of rotatable bonds is 6. The van der Waals surface area contributed by atoms with Crippen LogP contribution < -0.4 is 10.6 Å². The van der Waals surface area contributed by atoms with Crippen molar-refractivity contribution in [3.05, 3.63) is 50.9 Å². The van der Waals surface area contributed by atoms with E-state index in [0.29, 0.717) is 6.54 Å². The van der Waals surface area contributed by atoms with E-state index in [-0.39, 0.29) is 29.4 Å². The molecule has 1 aliphatic rings. The van der Waals surface area contributed by atoms with Crippen LogP contribution in [0.5, 0.6) is 0 Å². The molecule has 0 saturated carbocycles. The first-order chi connectivity index (χ1) is 13.1. The summed E-state index contributed by atoms with van der Waals surface area (Å²) in [6, 6.07) is 8.20. The third-order valence-electron chi connectivity index (χ3n) is 4.87. The first-order valence-corrected chi connectivity index (χ1v) is 10.6. The molecule has 1 aromatic carbocycles. The summed E-state index contributed by atoms with van der Waals surface area (Å²) >= 11 is 7.95. The van der Waals surface area contributed by atoms with Crippen molar-refractivity contribution >= 4 is 52.9 Å². The second-order valence-corrected chi connectivity index (χ2v) is 8.57. The van der Waals surface area contributed by atoms with Gasteiger partial charge in [-0.3, -0.25) is 0 Å². The number of hydrogen-bond acceptors (Lipinski definition) is 4. The SMILES string of the molecule is CCNC(=NCc1ncc(C)s1)NCC1(c2cccc(Cl)c2)CCOCC1.I. The van der Waals surface area contributed by atoms with Gasteiger partial charge in [-0.25, -0.2) is 9.98 Å². The standard InChI is InChI=1S/C20H27ClN4OS.HI/c1-3-22-19(24-13-18-23-12-15(2)27-18)25-14-20(7-9-26-10-8-20)16-5-4-6-17(21)11-16;/h4-6,11-12H,3,7-10,13-14H2,1-2H3,(H2,22,24,25);1H. The van der Waals surface area contributed by atoms with Crippen molar-refractivity contribution < 1.29 is 4.74 Å². The molecule has 2 heterocycles. The second-order valence-electron chi connectivity index (χ2n) is 6.82. The molecule has 2 aromatic rings. The van der Waals surface area contributed by atoms with Crippen LogP contribution >= 0.6 is 46.9 Å². The minimum Gasteiger partial charge on any atom is -0.381 e. The highest BCUT2D eigenvalue weighted by atomic mass is 127. The van der Waals surface area contributed by atoms with Crippen LogP contribution in [0.4, 0.5) is 0 Å². The molecule has 0 aliphatic carbocycles. The van der Waals surface area contributed by atoms with E-state index in [1.54, 1.807) is 11.3 Å². The van der Waals surface area contributed by atoms with Gasteiger partial charge in [0.1, 0.15) is 5.01 Å². The molecule has 0 bridgehead atoms. The van der Waals surface area contributed by atoms with E-state index >= 15 is 0 Å². The molecule has 1 aliphatic heterocycles. The van der Waals surface area contributed by atoms with E-state index in [1.165, 1.54) is 10.4 Å². The Morgan fingerprint density at radius 2 is 2.11 bits per heavy atom. The van der Waals surface area contributed by atoms with Gasteiger partial charge in [0, 0.05) is 47.8 Å². The lowest BCUT2D eigenvalue weighted by atomic mass is 9.74. The fourth-order valence-electron chi connectivity index (χ4n) is 3.36. The normalized spacial score (nSPS) is 16.3. The molecule has 0 radical (unpaired) electrons. The summed E-state index contributed by atoms with van der Waals surface area (Å²) in [5.74, 6) is 0.818. The van der Waals surface area contributed by atoms with Gasteiger partial charge in [-0.15, -0.1) is 35.3 Å². The topological polar surface area (TPSA) is 58.5 Å². The first-order valence-electron chi connectivity index (χ1n) is 9.38. The molecule has 3 rings (SSSR count). The fraction of sp³-hybridized carbons (Fsp3) is 0.500. The molecule has 0 spiro atoms. The molecule has 1 fully saturated rings. The lowest BCUT2D eigenvalue weighted by molar-refractivity contribution is 0.0514. The molecule has 1 aromatic heterocycles. The van der Waals surface area contributed by atoms with Crippen LogP contribution in [0.25, 0.3) is 0 Å². The number of hydrogen-bond donors (Lipinski definition) is 2. The Hall–Kier alpha value is -0.900. The summed E-state index contributed by atoms with van der Waals surface area (Å²) in [7, 11) is 0. The van der Waals surface area contributed by atoms with Crippen molar-refractivity contribution in [1.29, 1.82) is 0 Å². The summed E-state index contributed by atoms with van der Waals surface area (Å²) < 4.78 is 5.62. The maximum atomic E-state index is 6.26. The molecule has 0 atom stereocenters. The summed E-state index contributed by atoms with van der Waals surface area (Å²) in [6.07, 6.45) is 3.82. The highest BCUT2D eigenvalue weighted by molar-refractivity contribution is 14.0. The van der Waals surface area contributed by atoms with Crippen molar-refractivity contribution in [2.75, 3.05) is 26.3 Å². The molecule has 0 unspecified atom stereocenters. The van der Waals surface area contributed by atoms with Crippen molar-refractivity contribution in [2.24, 2.45) is 4.99 Å². The minimum absolute atomic E-state index is 0. The molecule has 8 heteroatoms. The van der Waals surface area contributed by atoms with Crippen LogP contribution in [-0.4, -0.2) is 37.2 Å². The van der Waals surface area contributed by atoms with E-state index in [1.807, 2.05) is 18.3 Å². The number of aliphatic imine (C=N–C) groups is 1. The van der Waals surface area contributed by atoms with Gasteiger partial charge in [0.25, 0.3) is 0 Å². The molecule has 1 saturated heterocycles. The van der Waals surface area contributed by atoms with Crippen molar-refractivity contribution in [3.63, 3.8) is 0 Å². The zero-order chi connectivity index (χ0) is 19.1. The van der Waals surface area contributed by atoms with Gasteiger partial charge in [0.2, 0.25) is 0 Å². The number of ether oxygens (including phenoxy) is 1. The average molecular weight is 535 g/mol. The molecule has 5 nitrogen and oxygen atoms in total. The van der Waals surface area contributed by atoms with E-state index in [0.717, 1.165) is 55.1 Å². The third kappa shape index (κ3) is 6.30. The maximum absolute atomic E-state index is 6.26. The Labute approximate surface area is 193 Å². The smallest absolute Gasteiger partial charge is 0.191 e. The molecule has 28 heavy (non-hydrogen) atoms. The monoisotopic (exact) mass is 534 g/mol. The van der Waals surface area contributed by atoms with Gasteiger partial charge in [-0.05, 0) is 44.4 Å². The van der Waals surface area contributed by atoms with Gasteiger partial charge in [-0.1, -0.05) is 23.7 Å². The predicted octanol–water partition coefficient (Wildman–Crippen LogP) is 4.53. The number of benzene rings is 1. The Bertz CT molecular complexity index is 777. The van der Waals surface area contributed by atoms with Crippen LogP contribution in [0.2, 0.25) is 5.02 Å². The molecule has 0 amide bonds. The fourth-order valence-corrected chi connectivity index (χ4v) is 4.27. The molecule has 154 valence electrons. The summed E-state index contributed by atoms with van der Waals surface area (Å²) in [5, 5.41) is 8.69. The Morgan fingerprint density at radius 1 is 1.32 bits per heavy atom. The van der Waals surface area contributed by atoms with Crippen LogP contribution in [0.1, 0.15) is 35.2 Å². The van der Waals surface area contributed by atoms with Gasteiger partial charge >= 0.3 is 0 Å². The van der Waals surface area contributed by atoms with Gasteiger partial charge < -0.3 is 15.4 Å². The van der Waals surface area contributed by atoms with E-state index in [9.17, 15) is 0 Å². The van der Waals surface area contributed by atoms with Crippen LogP contribution in [-0.2, 0) is 16.7 Å². The largest absolute Gasteiger partial charge is 0.381 e. The number of aromatic nitrogens is 1. The van der Waals surface area contributed by atoms with E-state index < -0.39 is 0 Å². The van der Waals surface area contributed by atoms with Gasteiger partial charge in [0.15, 0.2) is 5.96 Å². The quantitative estimate of drug-likeness (QED) is 0.325. The zero-order valence-corrected chi connectivity index (χ0v) is 20.2. The lowest BCUT2D eigenvalue weighted by Gasteiger charge is -2.38. The highest BCUT2D eigenvalue weighted by Gasteiger charge is 2.34. The van der Waals surface area contributed by atoms with Gasteiger partial charge in [-0.2, -0.15) is 0 Å². The predicted molar refractivity (Wildman–Crippen MR) is 128 cm³/mol. The first kappa shape index (κ1) is 23.4. The Kier molecular flexibility index (Phi) is 9.46. The van der Waals surface area contributed by atoms with Crippen molar-refractivity contribution in [2.45, 2.75) is 38.6 Å². The number of aryl methyl sites for hydroxylation is 1. The number of nitrogens with one attached hydrogen (secondary N) is 2. The summed E-state index contributed by atoms with van der Waals surface area (Å²) in [4.78, 5) is 10.3. The second kappa shape index (κ2) is 11.3. The summed E-state index contributed by atoms with van der Waals surface area (Å²) in [5.41, 5.74) is 1.26. The zero-order valence-electron chi connectivity index (χ0n) is 16.3. The maximum Gasteiger partial charge on any atom is 0.191 e. The number of thiazole rings is 1. The van der Waals surface area contributed by atoms with Crippen LogP contribution in [0.15, 0.2) is 35.5 Å².